The smallest absolute Gasteiger partial charge is 0.121 e. The summed E-state index contributed by atoms with van der Waals surface area (Å²) in [4.78, 5) is 10.3. The van der Waals surface area contributed by atoms with Crippen molar-refractivity contribution >= 4 is 21.9 Å². The lowest BCUT2D eigenvalue weighted by atomic mass is 9.86. The third-order valence-corrected chi connectivity index (χ3v) is 3.53. The van der Waals surface area contributed by atoms with Gasteiger partial charge in [-0.3, -0.25) is 0 Å². The summed E-state index contributed by atoms with van der Waals surface area (Å²) < 4.78 is 5.04. The van der Waals surface area contributed by atoms with E-state index in [1.165, 1.54) is 6.42 Å². The fourth-order valence-corrected chi connectivity index (χ4v) is 2.49. The van der Waals surface area contributed by atoms with Crippen LogP contribution in [0.25, 0.3) is 0 Å². The molecule has 0 saturated heterocycles. The monoisotopic (exact) mass is 232 g/mol. The molecular weight excluding hydrogens is 220 g/mol. The Bertz CT molecular complexity index is 199. The molecule has 3 heteroatoms. The van der Waals surface area contributed by atoms with Crippen LogP contribution in [-0.2, 0) is 9.53 Å². The zero-order valence-corrected chi connectivity index (χ0v) is 8.76. The number of hydrogen-bond donors (Lipinski definition) is 0. The van der Waals surface area contributed by atoms with Crippen LogP contribution in [0.5, 0.6) is 0 Å². The third-order valence-electron chi connectivity index (χ3n) is 2.39. The second-order valence-corrected chi connectivity index (χ2v) is 4.64. The second-order valence-electron chi connectivity index (χ2n) is 3.16. The van der Waals surface area contributed by atoms with Gasteiger partial charge in [-0.15, -0.1) is 0 Å². The minimum Gasteiger partial charge on any atom is -0.380 e. The first-order valence-corrected chi connectivity index (χ1v) is 4.96. The molecule has 0 aromatic heterocycles. The summed E-state index contributed by atoms with van der Waals surface area (Å²) in [6, 6.07) is 0. The van der Waals surface area contributed by atoms with Crippen LogP contribution in [0.3, 0.4) is 0 Å². The van der Waals surface area contributed by atoms with E-state index < -0.39 is 0 Å². The van der Waals surface area contributed by atoms with Crippen LogP contribution >= 0.6 is 15.9 Å². The van der Waals surface area contributed by atoms with Gasteiger partial charge in [-0.1, -0.05) is 28.8 Å². The van der Waals surface area contributed by atoms with Crippen LogP contribution in [-0.4, -0.2) is 23.5 Å². The van der Waals surface area contributed by atoms with E-state index in [4.69, 9.17) is 4.74 Å². The van der Waals surface area contributed by atoms with Crippen molar-refractivity contribution in [1.29, 1.82) is 0 Å². The molecule has 1 saturated carbocycles. The molecule has 1 fully saturated rings. The van der Waals surface area contributed by atoms with Gasteiger partial charge in [0.1, 0.15) is 5.94 Å². The summed E-state index contributed by atoms with van der Waals surface area (Å²) in [7, 11) is 1.69. The van der Waals surface area contributed by atoms with Crippen molar-refractivity contribution in [1.82, 2.24) is 0 Å². The lowest BCUT2D eigenvalue weighted by Gasteiger charge is -2.35. The number of carbonyl (C=O) groups excluding carboxylic acids is 1. The Labute approximate surface area is 81.1 Å². The highest BCUT2D eigenvalue weighted by atomic mass is 79.9. The van der Waals surface area contributed by atoms with Crippen LogP contribution in [0, 0.1) is 0 Å². The molecule has 0 aromatic rings. The summed E-state index contributed by atoms with van der Waals surface area (Å²) in [6.45, 7) is 0. The topological polar surface area (TPSA) is 26.3 Å². The van der Waals surface area contributed by atoms with Crippen molar-refractivity contribution in [2.45, 2.75) is 36.1 Å². The van der Waals surface area contributed by atoms with Gasteiger partial charge >= 0.3 is 0 Å². The summed E-state index contributed by atoms with van der Waals surface area (Å²) in [5.74, 6) is 1.84. The van der Waals surface area contributed by atoms with Crippen molar-refractivity contribution in [2.75, 3.05) is 7.11 Å². The lowest BCUT2D eigenvalue weighted by Crippen LogP contribution is -2.38. The van der Waals surface area contributed by atoms with Crippen molar-refractivity contribution in [3.63, 3.8) is 0 Å². The average Bonchev–Trinajstić information content (AvgIpc) is 2.05. The van der Waals surface area contributed by atoms with Crippen LogP contribution in [0.4, 0.5) is 0 Å². The normalized spacial score (nSPS) is 35.7. The van der Waals surface area contributed by atoms with E-state index in [1.807, 2.05) is 5.94 Å². The van der Waals surface area contributed by atoms with Gasteiger partial charge < -0.3 is 4.74 Å². The largest absolute Gasteiger partial charge is 0.380 e. The van der Waals surface area contributed by atoms with E-state index >= 15 is 0 Å². The van der Waals surface area contributed by atoms with Crippen molar-refractivity contribution in [3.05, 3.63) is 6.08 Å². The Kier molecular flexibility index (Phi) is 3.51. The predicted octanol–water partition coefficient (Wildman–Crippen LogP) is 2.10. The number of ether oxygens (including phenoxy) is 1. The van der Waals surface area contributed by atoms with Crippen LogP contribution < -0.4 is 0 Å². The molecule has 2 nitrogen and oxygen atoms in total. The van der Waals surface area contributed by atoms with E-state index in [2.05, 4.69) is 15.9 Å². The number of hydrogen-bond acceptors (Lipinski definition) is 2. The predicted molar refractivity (Wildman–Crippen MR) is 51.2 cm³/mol. The van der Waals surface area contributed by atoms with Crippen molar-refractivity contribution in [3.8, 4) is 0 Å². The molecule has 0 spiro atoms. The molecule has 0 aliphatic heterocycles. The molecule has 0 heterocycles. The van der Waals surface area contributed by atoms with Gasteiger partial charge in [-0.05, 0) is 12.8 Å². The van der Waals surface area contributed by atoms with Crippen LogP contribution in [0.2, 0.25) is 0 Å². The first kappa shape index (κ1) is 9.97. The Balaban J connectivity index is 2.74. The highest BCUT2D eigenvalue weighted by Gasteiger charge is 2.36. The third kappa shape index (κ3) is 1.98. The van der Waals surface area contributed by atoms with Crippen molar-refractivity contribution in [2.24, 2.45) is 0 Å². The number of halogens is 1. The Hall–Kier alpha value is -0.110. The van der Waals surface area contributed by atoms with E-state index in [9.17, 15) is 4.79 Å². The highest BCUT2D eigenvalue weighted by Crippen LogP contribution is 2.38. The number of alkyl halides is 1. The minimum absolute atomic E-state index is 0.118. The van der Waals surface area contributed by atoms with Gasteiger partial charge in [0.25, 0.3) is 0 Å². The molecule has 2 atom stereocenters. The first-order valence-electron chi connectivity index (χ1n) is 4.16. The molecule has 1 aliphatic rings. The summed E-state index contributed by atoms with van der Waals surface area (Å²) >= 11 is 3.54. The summed E-state index contributed by atoms with van der Waals surface area (Å²) in [6.07, 6.45) is 5.95. The van der Waals surface area contributed by atoms with Gasteiger partial charge in [-0.25, -0.2) is 4.79 Å². The van der Waals surface area contributed by atoms with Gasteiger partial charge in [0.15, 0.2) is 0 Å². The Morgan fingerprint density at radius 2 is 2.42 bits per heavy atom. The lowest BCUT2D eigenvalue weighted by molar-refractivity contribution is 0.0578. The maximum Gasteiger partial charge on any atom is 0.121 e. The maximum absolute atomic E-state index is 10.3. The molecule has 12 heavy (non-hydrogen) atoms. The van der Waals surface area contributed by atoms with E-state index in [0.29, 0.717) is 0 Å². The molecule has 0 amide bonds. The Morgan fingerprint density at radius 3 is 3.00 bits per heavy atom. The molecule has 0 N–H and O–H groups in total. The quantitative estimate of drug-likeness (QED) is 0.539. The van der Waals surface area contributed by atoms with E-state index in [-0.39, 0.29) is 10.4 Å². The van der Waals surface area contributed by atoms with Gasteiger partial charge in [0, 0.05) is 13.2 Å². The summed E-state index contributed by atoms with van der Waals surface area (Å²) in [5, 5.41) is 0. The SMILES string of the molecule is COC1CCCCC1(Br)C=C=O. The molecule has 68 valence electrons. The van der Waals surface area contributed by atoms with Crippen molar-refractivity contribution < 1.29 is 9.53 Å². The standard InChI is InChI=1S/C9H13BrO2/c1-12-8-4-2-3-5-9(8,10)6-7-11/h6,8H,2-5H2,1H3. The average molecular weight is 233 g/mol. The number of rotatable bonds is 2. The molecule has 0 radical (unpaired) electrons. The zero-order chi connectivity index (χ0) is 9.03. The number of methoxy groups -OCH3 is 1. The molecular formula is C9H13BrO2. The van der Waals surface area contributed by atoms with Crippen LogP contribution in [0.15, 0.2) is 6.08 Å². The first-order chi connectivity index (χ1) is 5.73. The minimum atomic E-state index is -0.262. The van der Waals surface area contributed by atoms with Gasteiger partial charge in [0.2, 0.25) is 0 Å². The maximum atomic E-state index is 10.3. The van der Waals surface area contributed by atoms with E-state index in [0.717, 1.165) is 19.3 Å². The molecule has 1 aliphatic carbocycles. The second kappa shape index (κ2) is 4.22. The molecule has 1 rings (SSSR count). The molecule has 0 bridgehead atoms. The Morgan fingerprint density at radius 1 is 1.67 bits per heavy atom. The molecule has 0 aromatic carbocycles. The fraction of sp³-hybridized carbons (Fsp3) is 0.778. The van der Waals surface area contributed by atoms with Crippen LogP contribution in [0.1, 0.15) is 25.7 Å². The highest BCUT2D eigenvalue weighted by molar-refractivity contribution is 9.10. The van der Waals surface area contributed by atoms with E-state index in [1.54, 1.807) is 13.2 Å². The summed E-state index contributed by atoms with van der Waals surface area (Å²) in [5.41, 5.74) is 0. The molecule has 2 unspecified atom stereocenters. The van der Waals surface area contributed by atoms with Gasteiger partial charge in [0.05, 0.1) is 10.4 Å². The zero-order valence-electron chi connectivity index (χ0n) is 7.18. The van der Waals surface area contributed by atoms with Gasteiger partial charge in [-0.2, -0.15) is 0 Å². The fourth-order valence-electron chi connectivity index (χ4n) is 1.70.